The summed E-state index contributed by atoms with van der Waals surface area (Å²) in [4.78, 5) is 29.7. The molecule has 2 amide bonds. The second-order valence-electron chi connectivity index (χ2n) is 5.65. The lowest BCUT2D eigenvalue weighted by atomic mass is 10.1. The molecule has 1 N–H and O–H groups in total. The molecule has 1 atom stereocenters. The molecule has 20 heavy (non-hydrogen) atoms. The molecule has 2 aliphatic rings. The standard InChI is InChI=1S/C15H19N3O2/c19-14(8-12-3-1-2-6-16-12)17-9-11-7-15(20)18(10-11)13-4-5-13/h1-3,6,11,13H,4-5,7-10H2,(H,17,19)/t11-/m1/s1. The van der Waals surface area contributed by atoms with Crippen LogP contribution in [0.25, 0.3) is 0 Å². The number of hydrogen-bond acceptors (Lipinski definition) is 3. The molecule has 5 heteroatoms. The third kappa shape index (κ3) is 3.15. The minimum atomic E-state index is -0.0268. The van der Waals surface area contributed by atoms with Gasteiger partial charge in [-0.3, -0.25) is 14.6 Å². The number of nitrogens with one attached hydrogen (secondary N) is 1. The van der Waals surface area contributed by atoms with Gasteiger partial charge in [0.05, 0.1) is 6.42 Å². The number of nitrogens with zero attached hydrogens (tertiary/aromatic N) is 2. The van der Waals surface area contributed by atoms with E-state index in [1.54, 1.807) is 6.20 Å². The second-order valence-corrected chi connectivity index (χ2v) is 5.65. The van der Waals surface area contributed by atoms with Crippen molar-refractivity contribution in [1.29, 1.82) is 0 Å². The molecule has 106 valence electrons. The normalized spacial score (nSPS) is 22.1. The van der Waals surface area contributed by atoms with Gasteiger partial charge >= 0.3 is 0 Å². The van der Waals surface area contributed by atoms with E-state index < -0.39 is 0 Å². The van der Waals surface area contributed by atoms with Crippen LogP contribution in [-0.2, 0) is 16.0 Å². The molecule has 3 rings (SSSR count). The van der Waals surface area contributed by atoms with Crippen molar-refractivity contribution in [2.75, 3.05) is 13.1 Å². The maximum Gasteiger partial charge on any atom is 0.226 e. The van der Waals surface area contributed by atoms with Crippen LogP contribution < -0.4 is 5.32 Å². The van der Waals surface area contributed by atoms with Gasteiger partial charge in [-0.15, -0.1) is 0 Å². The monoisotopic (exact) mass is 273 g/mol. The molecule has 2 fully saturated rings. The SMILES string of the molecule is O=C(Cc1ccccn1)NC[C@H]1CC(=O)N(C2CC2)C1. The van der Waals surface area contributed by atoms with E-state index in [1.165, 1.54) is 0 Å². The molecule has 1 saturated carbocycles. The van der Waals surface area contributed by atoms with Crippen molar-refractivity contribution in [3.05, 3.63) is 30.1 Å². The van der Waals surface area contributed by atoms with E-state index in [-0.39, 0.29) is 17.7 Å². The van der Waals surface area contributed by atoms with E-state index >= 15 is 0 Å². The summed E-state index contributed by atoms with van der Waals surface area (Å²) in [5.74, 6) is 0.480. The van der Waals surface area contributed by atoms with E-state index in [0.29, 0.717) is 25.4 Å². The summed E-state index contributed by atoms with van der Waals surface area (Å²) in [5.41, 5.74) is 0.770. The number of amides is 2. The van der Waals surface area contributed by atoms with Gasteiger partial charge in [-0.05, 0) is 25.0 Å². The fourth-order valence-electron chi connectivity index (χ4n) is 2.67. The van der Waals surface area contributed by atoms with Crippen LogP contribution in [0.2, 0.25) is 0 Å². The lowest BCUT2D eigenvalue weighted by molar-refractivity contribution is -0.128. The predicted octanol–water partition coefficient (Wildman–Crippen LogP) is 0.751. The molecule has 0 bridgehead atoms. The van der Waals surface area contributed by atoms with Crippen molar-refractivity contribution >= 4 is 11.8 Å². The molecule has 1 saturated heterocycles. The highest BCUT2D eigenvalue weighted by Gasteiger charge is 2.39. The van der Waals surface area contributed by atoms with Crippen LogP contribution in [0.5, 0.6) is 0 Å². The summed E-state index contributed by atoms with van der Waals surface area (Å²) >= 11 is 0. The van der Waals surface area contributed by atoms with Crippen LogP contribution in [-0.4, -0.2) is 40.8 Å². The number of carbonyl (C=O) groups excluding carboxylic acids is 2. The summed E-state index contributed by atoms with van der Waals surface area (Å²) in [6.07, 6.45) is 4.84. The number of likely N-dealkylation sites (tertiary alicyclic amines) is 1. The first-order valence-corrected chi connectivity index (χ1v) is 7.18. The van der Waals surface area contributed by atoms with Gasteiger partial charge in [-0.1, -0.05) is 6.07 Å². The van der Waals surface area contributed by atoms with Gasteiger partial charge in [0, 0.05) is 43.4 Å². The van der Waals surface area contributed by atoms with Crippen LogP contribution in [0.1, 0.15) is 25.0 Å². The van der Waals surface area contributed by atoms with Gasteiger partial charge in [-0.25, -0.2) is 0 Å². The van der Waals surface area contributed by atoms with Crippen LogP contribution in [0.4, 0.5) is 0 Å². The average Bonchev–Trinajstić information content (AvgIpc) is 3.21. The molecule has 2 heterocycles. The summed E-state index contributed by atoms with van der Waals surface area (Å²) in [5, 5.41) is 2.92. The van der Waals surface area contributed by atoms with E-state index in [2.05, 4.69) is 10.3 Å². The molecular formula is C15H19N3O2. The van der Waals surface area contributed by atoms with Gasteiger partial charge in [0.2, 0.25) is 11.8 Å². The maximum atomic E-state index is 11.8. The van der Waals surface area contributed by atoms with Crippen molar-refractivity contribution in [2.45, 2.75) is 31.7 Å². The zero-order valence-corrected chi connectivity index (χ0v) is 11.4. The van der Waals surface area contributed by atoms with Crippen molar-refractivity contribution in [1.82, 2.24) is 15.2 Å². The van der Waals surface area contributed by atoms with Crippen LogP contribution >= 0.6 is 0 Å². The van der Waals surface area contributed by atoms with E-state index in [9.17, 15) is 9.59 Å². The van der Waals surface area contributed by atoms with Crippen molar-refractivity contribution in [3.8, 4) is 0 Å². The van der Waals surface area contributed by atoms with Crippen molar-refractivity contribution in [2.24, 2.45) is 5.92 Å². The fraction of sp³-hybridized carbons (Fsp3) is 0.533. The Labute approximate surface area is 118 Å². The number of aromatic nitrogens is 1. The Balaban J connectivity index is 1.43. The Bertz CT molecular complexity index is 499. The highest BCUT2D eigenvalue weighted by Crippen LogP contribution is 2.32. The van der Waals surface area contributed by atoms with Crippen LogP contribution in [0.3, 0.4) is 0 Å². The predicted molar refractivity (Wildman–Crippen MR) is 73.8 cm³/mol. The summed E-state index contributed by atoms with van der Waals surface area (Å²) in [7, 11) is 0. The van der Waals surface area contributed by atoms with Crippen LogP contribution in [0, 0.1) is 5.92 Å². The van der Waals surface area contributed by atoms with Gasteiger partial charge in [0.25, 0.3) is 0 Å². The molecule has 1 aromatic heterocycles. The minimum Gasteiger partial charge on any atom is -0.355 e. The highest BCUT2D eigenvalue weighted by molar-refractivity contribution is 5.80. The van der Waals surface area contributed by atoms with E-state index in [0.717, 1.165) is 25.1 Å². The van der Waals surface area contributed by atoms with Crippen LogP contribution in [0.15, 0.2) is 24.4 Å². The Kier molecular flexibility index (Phi) is 3.67. The second kappa shape index (κ2) is 5.61. The lowest BCUT2D eigenvalue weighted by Crippen LogP contribution is -2.32. The largest absolute Gasteiger partial charge is 0.355 e. The molecule has 0 unspecified atom stereocenters. The molecule has 1 aliphatic carbocycles. The molecular weight excluding hydrogens is 254 g/mol. The quantitative estimate of drug-likeness (QED) is 0.861. The molecule has 0 radical (unpaired) electrons. The molecule has 1 aliphatic heterocycles. The van der Waals surface area contributed by atoms with Gasteiger partial charge < -0.3 is 10.2 Å². The Morgan fingerprint density at radius 1 is 1.40 bits per heavy atom. The summed E-state index contributed by atoms with van der Waals surface area (Å²) in [6.45, 7) is 1.38. The van der Waals surface area contributed by atoms with Crippen molar-refractivity contribution in [3.63, 3.8) is 0 Å². The third-order valence-corrected chi connectivity index (χ3v) is 3.88. The van der Waals surface area contributed by atoms with Gasteiger partial charge in [0.15, 0.2) is 0 Å². The topological polar surface area (TPSA) is 62.3 Å². The Morgan fingerprint density at radius 2 is 2.25 bits per heavy atom. The number of hydrogen-bond donors (Lipinski definition) is 1. The highest BCUT2D eigenvalue weighted by atomic mass is 16.2. The first-order valence-electron chi connectivity index (χ1n) is 7.18. The molecule has 0 spiro atoms. The molecule has 1 aromatic rings. The Hall–Kier alpha value is -1.91. The summed E-state index contributed by atoms with van der Waals surface area (Å²) in [6, 6.07) is 6.03. The number of pyridine rings is 1. The van der Waals surface area contributed by atoms with Crippen molar-refractivity contribution < 1.29 is 9.59 Å². The lowest BCUT2D eigenvalue weighted by Gasteiger charge is -2.15. The minimum absolute atomic E-state index is 0.0268. The first-order chi connectivity index (χ1) is 9.72. The maximum absolute atomic E-state index is 11.8. The number of rotatable bonds is 5. The Morgan fingerprint density at radius 3 is 2.95 bits per heavy atom. The number of carbonyl (C=O) groups is 2. The zero-order chi connectivity index (χ0) is 13.9. The molecule has 0 aromatic carbocycles. The average molecular weight is 273 g/mol. The molecule has 5 nitrogen and oxygen atoms in total. The van der Waals surface area contributed by atoms with Gasteiger partial charge in [0.1, 0.15) is 0 Å². The van der Waals surface area contributed by atoms with E-state index in [1.807, 2.05) is 23.1 Å². The summed E-state index contributed by atoms with van der Waals surface area (Å²) < 4.78 is 0. The fourth-order valence-corrected chi connectivity index (χ4v) is 2.67. The zero-order valence-electron chi connectivity index (χ0n) is 11.4. The smallest absolute Gasteiger partial charge is 0.226 e. The van der Waals surface area contributed by atoms with E-state index in [4.69, 9.17) is 0 Å². The van der Waals surface area contributed by atoms with Gasteiger partial charge in [-0.2, -0.15) is 0 Å². The first kappa shape index (κ1) is 13.1. The third-order valence-electron chi connectivity index (χ3n) is 3.88.